The standard InChI is InChI=1S/C25H31N3O/c1-17(2)27-13-11-25(12-14-27)28-23(20-7-5-6-8-24(20)29-25)16-22(26-28)21-15-18(3)9-10-19(21)4/h5-10,15,17,23H,11-14,16H2,1-4H3/t23-/m0/s1. The quantitative estimate of drug-likeness (QED) is 0.720. The highest BCUT2D eigenvalue weighted by Gasteiger charge is 2.51. The minimum Gasteiger partial charge on any atom is -0.466 e. The van der Waals surface area contributed by atoms with E-state index < -0.39 is 0 Å². The first-order valence-electron chi connectivity index (χ1n) is 10.9. The smallest absolute Gasteiger partial charge is 0.200 e. The largest absolute Gasteiger partial charge is 0.466 e. The van der Waals surface area contributed by atoms with Crippen molar-refractivity contribution in [2.45, 2.75) is 64.8 Å². The van der Waals surface area contributed by atoms with E-state index in [1.807, 2.05) is 0 Å². The zero-order valence-electron chi connectivity index (χ0n) is 18.0. The van der Waals surface area contributed by atoms with Crippen LogP contribution in [-0.4, -0.2) is 40.5 Å². The first-order chi connectivity index (χ1) is 14.0. The van der Waals surface area contributed by atoms with E-state index in [1.54, 1.807) is 0 Å². The fourth-order valence-electron chi connectivity index (χ4n) is 5.16. The summed E-state index contributed by atoms with van der Waals surface area (Å²) >= 11 is 0. The molecule has 0 unspecified atom stereocenters. The molecule has 1 saturated heterocycles. The zero-order chi connectivity index (χ0) is 20.2. The number of hydrazone groups is 1. The summed E-state index contributed by atoms with van der Waals surface area (Å²) in [5.41, 5.74) is 6.01. The number of piperidine rings is 1. The van der Waals surface area contributed by atoms with E-state index in [2.05, 4.69) is 80.1 Å². The van der Waals surface area contributed by atoms with Crippen LogP contribution in [0.15, 0.2) is 47.6 Å². The molecule has 0 N–H and O–H groups in total. The molecule has 4 nitrogen and oxygen atoms in total. The lowest BCUT2D eigenvalue weighted by molar-refractivity contribution is -0.152. The van der Waals surface area contributed by atoms with Crippen LogP contribution in [0.1, 0.15) is 61.4 Å². The van der Waals surface area contributed by atoms with E-state index >= 15 is 0 Å². The van der Waals surface area contributed by atoms with Gasteiger partial charge in [-0.05, 0) is 45.4 Å². The highest BCUT2D eigenvalue weighted by molar-refractivity contribution is 6.03. The molecule has 1 atom stereocenters. The lowest BCUT2D eigenvalue weighted by atomic mass is 9.90. The molecule has 0 saturated carbocycles. The number of likely N-dealkylation sites (tertiary alicyclic amines) is 1. The molecule has 2 aromatic carbocycles. The molecule has 0 amide bonds. The van der Waals surface area contributed by atoms with Crippen LogP contribution < -0.4 is 4.74 Å². The van der Waals surface area contributed by atoms with Gasteiger partial charge in [0, 0.05) is 49.5 Å². The summed E-state index contributed by atoms with van der Waals surface area (Å²) in [5.74, 6) is 1.05. The van der Waals surface area contributed by atoms with Crippen LogP contribution in [-0.2, 0) is 0 Å². The van der Waals surface area contributed by atoms with Gasteiger partial charge < -0.3 is 9.64 Å². The van der Waals surface area contributed by atoms with Gasteiger partial charge in [-0.2, -0.15) is 5.10 Å². The molecular weight excluding hydrogens is 358 g/mol. The first kappa shape index (κ1) is 18.7. The van der Waals surface area contributed by atoms with Crippen molar-refractivity contribution in [3.05, 3.63) is 64.7 Å². The molecule has 0 aromatic heterocycles. The Morgan fingerprint density at radius 2 is 1.83 bits per heavy atom. The van der Waals surface area contributed by atoms with Gasteiger partial charge in [0.1, 0.15) is 5.75 Å². The topological polar surface area (TPSA) is 28.1 Å². The van der Waals surface area contributed by atoms with Gasteiger partial charge in [0.25, 0.3) is 0 Å². The third-order valence-electron chi connectivity index (χ3n) is 6.92. The van der Waals surface area contributed by atoms with Crippen molar-refractivity contribution in [2.24, 2.45) is 5.10 Å². The second kappa shape index (κ2) is 6.88. The van der Waals surface area contributed by atoms with Crippen molar-refractivity contribution in [3.8, 4) is 5.75 Å². The second-order valence-corrected chi connectivity index (χ2v) is 9.15. The maximum atomic E-state index is 6.73. The van der Waals surface area contributed by atoms with Gasteiger partial charge in [0.05, 0.1) is 11.8 Å². The van der Waals surface area contributed by atoms with E-state index in [0.29, 0.717) is 6.04 Å². The number of rotatable bonds is 2. The fraction of sp³-hybridized carbons (Fsp3) is 0.480. The summed E-state index contributed by atoms with van der Waals surface area (Å²) in [7, 11) is 0. The molecular formula is C25H31N3O. The Labute approximate surface area is 174 Å². The summed E-state index contributed by atoms with van der Waals surface area (Å²) in [6.45, 7) is 11.0. The molecule has 2 aromatic rings. The molecule has 0 radical (unpaired) electrons. The van der Waals surface area contributed by atoms with Crippen molar-refractivity contribution < 1.29 is 4.74 Å². The Morgan fingerprint density at radius 3 is 2.59 bits per heavy atom. The van der Waals surface area contributed by atoms with Gasteiger partial charge in [-0.1, -0.05) is 35.9 Å². The zero-order valence-corrected chi connectivity index (χ0v) is 18.0. The summed E-state index contributed by atoms with van der Waals surface area (Å²) in [6.07, 6.45) is 2.92. The van der Waals surface area contributed by atoms with Gasteiger partial charge in [-0.25, -0.2) is 5.01 Å². The van der Waals surface area contributed by atoms with Crippen molar-refractivity contribution in [1.82, 2.24) is 9.91 Å². The summed E-state index contributed by atoms with van der Waals surface area (Å²) in [4.78, 5) is 2.55. The third kappa shape index (κ3) is 3.05. The predicted octanol–water partition coefficient (Wildman–Crippen LogP) is 5.05. The number of hydrogen-bond acceptors (Lipinski definition) is 4. The van der Waals surface area contributed by atoms with Gasteiger partial charge in [0.15, 0.2) is 0 Å². The minimum atomic E-state index is -0.329. The van der Waals surface area contributed by atoms with Crippen molar-refractivity contribution in [3.63, 3.8) is 0 Å². The van der Waals surface area contributed by atoms with Crippen LogP contribution in [0.2, 0.25) is 0 Å². The number of benzene rings is 2. The average Bonchev–Trinajstić information content (AvgIpc) is 3.17. The number of fused-ring (bicyclic) bond motifs is 4. The van der Waals surface area contributed by atoms with E-state index in [9.17, 15) is 0 Å². The summed E-state index contributed by atoms with van der Waals surface area (Å²) < 4.78 is 6.73. The van der Waals surface area contributed by atoms with Crippen LogP contribution in [0.25, 0.3) is 0 Å². The van der Waals surface area contributed by atoms with Crippen LogP contribution in [0.5, 0.6) is 5.75 Å². The molecule has 1 spiro atoms. The first-order valence-corrected chi connectivity index (χ1v) is 10.9. The molecule has 3 heterocycles. The molecule has 152 valence electrons. The van der Waals surface area contributed by atoms with E-state index in [0.717, 1.165) is 38.1 Å². The monoisotopic (exact) mass is 389 g/mol. The maximum Gasteiger partial charge on any atom is 0.200 e. The summed E-state index contributed by atoms with van der Waals surface area (Å²) in [5, 5.41) is 7.56. The Balaban J connectivity index is 1.56. The number of ether oxygens (including phenoxy) is 1. The minimum absolute atomic E-state index is 0.264. The maximum absolute atomic E-state index is 6.73. The molecule has 0 bridgehead atoms. The van der Waals surface area contributed by atoms with Crippen molar-refractivity contribution in [1.29, 1.82) is 0 Å². The number of nitrogens with zero attached hydrogens (tertiary/aromatic N) is 3. The normalized spacial score (nSPS) is 23.0. The lowest BCUT2D eigenvalue weighted by Gasteiger charge is -2.51. The van der Waals surface area contributed by atoms with Crippen LogP contribution in [0.3, 0.4) is 0 Å². The van der Waals surface area contributed by atoms with E-state index in [-0.39, 0.29) is 11.8 Å². The number of hydrogen-bond donors (Lipinski definition) is 0. The molecule has 3 aliphatic rings. The van der Waals surface area contributed by atoms with Gasteiger partial charge in [0.2, 0.25) is 5.72 Å². The van der Waals surface area contributed by atoms with Crippen LogP contribution in [0, 0.1) is 13.8 Å². The predicted molar refractivity (Wildman–Crippen MR) is 117 cm³/mol. The number of para-hydroxylation sites is 1. The highest BCUT2D eigenvalue weighted by Crippen LogP contribution is 2.50. The lowest BCUT2D eigenvalue weighted by Crippen LogP contribution is -2.59. The Morgan fingerprint density at radius 1 is 1.07 bits per heavy atom. The molecule has 29 heavy (non-hydrogen) atoms. The van der Waals surface area contributed by atoms with E-state index in [1.165, 1.54) is 28.0 Å². The molecule has 3 aliphatic heterocycles. The Hall–Kier alpha value is -2.33. The molecule has 4 heteroatoms. The summed E-state index contributed by atoms with van der Waals surface area (Å²) in [6, 6.07) is 16.1. The van der Waals surface area contributed by atoms with E-state index in [4.69, 9.17) is 9.84 Å². The van der Waals surface area contributed by atoms with Crippen molar-refractivity contribution in [2.75, 3.05) is 13.1 Å². The fourth-order valence-corrected chi connectivity index (χ4v) is 5.16. The number of aryl methyl sites for hydroxylation is 2. The molecule has 5 rings (SSSR count). The SMILES string of the molecule is Cc1ccc(C)c(C2=NN3[C@@H](C2)c2ccccc2OC32CCN(C(C)C)CC2)c1. The highest BCUT2D eigenvalue weighted by atomic mass is 16.5. The van der Waals surface area contributed by atoms with Crippen LogP contribution in [0.4, 0.5) is 0 Å². The second-order valence-electron chi connectivity index (χ2n) is 9.15. The Bertz CT molecular complexity index is 956. The molecule has 1 fully saturated rings. The average molecular weight is 390 g/mol. The van der Waals surface area contributed by atoms with Gasteiger partial charge in [-0.15, -0.1) is 0 Å². The van der Waals surface area contributed by atoms with Crippen molar-refractivity contribution >= 4 is 5.71 Å². The van der Waals surface area contributed by atoms with Gasteiger partial charge in [-0.3, -0.25) is 0 Å². The van der Waals surface area contributed by atoms with Gasteiger partial charge >= 0.3 is 0 Å². The van der Waals surface area contributed by atoms with Crippen LogP contribution >= 0.6 is 0 Å². The Kier molecular flexibility index (Phi) is 4.43. The third-order valence-corrected chi connectivity index (χ3v) is 6.92. The molecule has 0 aliphatic carbocycles.